The highest BCUT2D eigenvalue weighted by atomic mass is 16.5. The van der Waals surface area contributed by atoms with Crippen LogP contribution in [-0.4, -0.2) is 62.3 Å². The average molecular weight is 703 g/mol. The van der Waals surface area contributed by atoms with Gasteiger partial charge in [-0.15, -0.1) is 0 Å². The Labute approximate surface area is 306 Å². The van der Waals surface area contributed by atoms with Gasteiger partial charge in [-0.2, -0.15) is 0 Å². The van der Waals surface area contributed by atoms with E-state index in [0.29, 0.717) is 12.2 Å². The smallest absolute Gasteiger partial charge is 0.407 e. The molecule has 3 heterocycles. The summed E-state index contributed by atoms with van der Waals surface area (Å²) < 4.78 is 4.78. The van der Waals surface area contributed by atoms with Gasteiger partial charge in [0.05, 0.1) is 31.2 Å². The van der Waals surface area contributed by atoms with Gasteiger partial charge in [-0.3, -0.25) is 9.59 Å². The summed E-state index contributed by atoms with van der Waals surface area (Å²) in [5, 5.41) is 4.89. The Bertz CT molecular complexity index is 2040. The molecular weight excluding hydrogens is 652 g/mol. The predicted molar refractivity (Wildman–Crippen MR) is 202 cm³/mol. The zero-order valence-electron chi connectivity index (χ0n) is 31.2. The van der Waals surface area contributed by atoms with E-state index >= 15 is 0 Å². The maximum absolute atomic E-state index is 13.7. The number of hydrogen-bond donors (Lipinski definition) is 3. The molecule has 6 rings (SSSR count). The molecule has 5 atom stereocenters. The van der Waals surface area contributed by atoms with Crippen LogP contribution in [0, 0.1) is 35.5 Å². The van der Waals surface area contributed by atoms with Crippen LogP contribution >= 0.6 is 0 Å². The third-order valence-electron chi connectivity index (χ3n) is 10.7. The van der Waals surface area contributed by atoms with Crippen LogP contribution < -0.4 is 5.32 Å². The molecule has 2 aromatic carbocycles. The number of methoxy groups -OCH3 is 1. The van der Waals surface area contributed by atoms with E-state index in [-0.39, 0.29) is 47.3 Å². The monoisotopic (exact) mass is 702 g/mol. The van der Waals surface area contributed by atoms with Crippen molar-refractivity contribution in [3.05, 3.63) is 83.3 Å². The number of amides is 2. The molecule has 10 nitrogen and oxygen atoms in total. The molecule has 0 spiro atoms. The van der Waals surface area contributed by atoms with E-state index in [1.807, 2.05) is 37.9 Å². The number of H-pyrrole nitrogens is 2. The minimum absolute atomic E-state index is 0.0253. The lowest BCUT2D eigenvalue weighted by atomic mass is 9.73. The second-order valence-corrected chi connectivity index (χ2v) is 15.1. The molecule has 0 radical (unpaired) electrons. The largest absolute Gasteiger partial charge is 0.453 e. The minimum atomic E-state index is -0.617. The number of fused-ring (bicyclic) bond motifs is 1. The molecule has 0 bridgehead atoms. The van der Waals surface area contributed by atoms with Gasteiger partial charge in [-0.25, -0.2) is 14.8 Å². The van der Waals surface area contributed by atoms with Crippen LogP contribution in [0.15, 0.2) is 60.4 Å². The third-order valence-corrected chi connectivity index (χ3v) is 10.7. The lowest BCUT2D eigenvalue weighted by Crippen LogP contribution is -2.48. The number of Topliss-reactive ketones (excluding diaryl/α,β-unsaturated/α-hetero) is 1. The van der Waals surface area contributed by atoms with E-state index in [2.05, 4.69) is 89.3 Å². The normalized spacial score (nSPS) is 20.0. The SMILES string of the molecule is COC(=O)N[C@H](C(=O)C1CCCCC1c1ncc(C#Cc2ccc3cc(-c4cnc([C@@H]5C=C(C)CN5C(=O)[C@@H](C)C(C)C)[nH]4)ccc3c2)[nH]1)C(C)C. The quantitative estimate of drug-likeness (QED) is 0.121. The van der Waals surface area contributed by atoms with Crippen LogP contribution in [0.3, 0.4) is 0 Å². The fraction of sp³-hybridized carbons (Fsp3) is 0.452. The first-order valence-corrected chi connectivity index (χ1v) is 18.5. The zero-order valence-corrected chi connectivity index (χ0v) is 31.2. The lowest BCUT2D eigenvalue weighted by Gasteiger charge is -2.33. The lowest BCUT2D eigenvalue weighted by molar-refractivity contribution is -0.137. The molecule has 0 saturated heterocycles. The maximum Gasteiger partial charge on any atom is 0.407 e. The van der Waals surface area contributed by atoms with Crippen molar-refractivity contribution >= 4 is 28.6 Å². The van der Waals surface area contributed by atoms with Gasteiger partial charge >= 0.3 is 6.09 Å². The average Bonchev–Trinajstić information content (AvgIpc) is 3.92. The summed E-state index contributed by atoms with van der Waals surface area (Å²) in [6, 6.07) is 11.6. The summed E-state index contributed by atoms with van der Waals surface area (Å²) in [6.45, 7) is 12.7. The maximum atomic E-state index is 13.7. The number of hydrogen-bond acceptors (Lipinski definition) is 6. The van der Waals surface area contributed by atoms with Crippen LogP contribution in [0.5, 0.6) is 0 Å². The number of benzene rings is 2. The number of carbonyl (C=O) groups excluding carboxylic acids is 3. The molecule has 52 heavy (non-hydrogen) atoms. The van der Waals surface area contributed by atoms with Crippen molar-refractivity contribution in [2.45, 2.75) is 85.2 Å². The Kier molecular flexibility index (Phi) is 11.0. The van der Waals surface area contributed by atoms with Gasteiger partial charge in [0, 0.05) is 35.4 Å². The van der Waals surface area contributed by atoms with Gasteiger partial charge in [0.25, 0.3) is 0 Å². The first-order valence-electron chi connectivity index (χ1n) is 18.5. The topological polar surface area (TPSA) is 133 Å². The second kappa shape index (κ2) is 15.6. The Balaban J connectivity index is 1.16. The zero-order chi connectivity index (χ0) is 37.1. The van der Waals surface area contributed by atoms with E-state index in [1.165, 1.54) is 12.7 Å². The summed E-state index contributed by atoms with van der Waals surface area (Å²) in [6.07, 6.45) is 8.70. The van der Waals surface area contributed by atoms with Crippen LogP contribution in [0.4, 0.5) is 4.79 Å². The molecule has 1 aliphatic carbocycles. The first-order chi connectivity index (χ1) is 24.9. The highest BCUT2D eigenvalue weighted by Gasteiger charge is 2.39. The number of nitrogens with zero attached hydrogens (tertiary/aromatic N) is 3. The van der Waals surface area contributed by atoms with Gasteiger partial charge in [-0.05, 0) is 66.5 Å². The molecule has 3 N–H and O–H groups in total. The third kappa shape index (κ3) is 7.84. The van der Waals surface area contributed by atoms with Crippen LogP contribution in [0.25, 0.3) is 22.0 Å². The fourth-order valence-corrected chi connectivity index (χ4v) is 7.40. The number of ketones is 1. The van der Waals surface area contributed by atoms with Gasteiger partial charge in [0.2, 0.25) is 5.91 Å². The number of carbonyl (C=O) groups is 3. The van der Waals surface area contributed by atoms with Gasteiger partial charge in [0.15, 0.2) is 5.78 Å². The van der Waals surface area contributed by atoms with Crippen LogP contribution in [-0.2, 0) is 14.3 Å². The number of alkyl carbamates (subject to hydrolysis) is 1. The predicted octanol–water partition coefficient (Wildman–Crippen LogP) is 7.70. The number of rotatable bonds is 9. The molecular formula is C42H50N6O4. The number of aromatic nitrogens is 4. The summed E-state index contributed by atoms with van der Waals surface area (Å²) in [5.41, 5.74) is 4.66. The molecule has 2 amide bonds. The van der Waals surface area contributed by atoms with E-state index in [4.69, 9.17) is 9.72 Å². The first kappa shape index (κ1) is 36.6. The van der Waals surface area contributed by atoms with Crippen LogP contribution in [0.2, 0.25) is 0 Å². The van der Waals surface area contributed by atoms with Gasteiger partial charge in [0.1, 0.15) is 23.4 Å². The van der Waals surface area contributed by atoms with E-state index < -0.39 is 12.1 Å². The Morgan fingerprint density at radius 3 is 2.38 bits per heavy atom. The summed E-state index contributed by atoms with van der Waals surface area (Å²) in [7, 11) is 1.31. The second-order valence-electron chi connectivity index (χ2n) is 15.1. The van der Waals surface area contributed by atoms with Gasteiger partial charge in [-0.1, -0.05) is 83.2 Å². The number of ether oxygens (including phenoxy) is 1. The summed E-state index contributed by atoms with van der Waals surface area (Å²) >= 11 is 0. The van der Waals surface area contributed by atoms with E-state index in [9.17, 15) is 14.4 Å². The Hall–Kier alpha value is -5.17. The van der Waals surface area contributed by atoms with Gasteiger partial charge < -0.3 is 24.9 Å². The van der Waals surface area contributed by atoms with Crippen molar-refractivity contribution in [1.29, 1.82) is 0 Å². The molecule has 2 aliphatic rings. The minimum Gasteiger partial charge on any atom is -0.453 e. The fourth-order valence-electron chi connectivity index (χ4n) is 7.40. The molecule has 272 valence electrons. The van der Waals surface area contributed by atoms with Crippen molar-refractivity contribution in [3.63, 3.8) is 0 Å². The molecule has 4 aromatic rings. The molecule has 1 saturated carbocycles. The summed E-state index contributed by atoms with van der Waals surface area (Å²) in [4.78, 5) is 57.1. The number of nitrogens with one attached hydrogen (secondary N) is 3. The standard InChI is InChI=1S/C42H50N6O4/c1-24(2)27(6)41(50)48-23-26(5)18-36(48)40-44-22-35(46-40)31-16-15-29-19-28(12-14-30(29)20-31)13-17-32-21-43-39(45-32)34-11-9-8-10-33(34)38(49)37(25(3)4)47-42(51)52-7/h12,14-16,18-22,24-25,27,33-34,36-37H,8-11,23H2,1-7H3,(H,43,45)(H,44,46)(H,47,51)/t27-,33?,34?,36-,37-/m0/s1. The number of aromatic amines is 2. The van der Waals surface area contributed by atoms with E-state index in [1.54, 1.807) is 6.20 Å². The highest BCUT2D eigenvalue weighted by molar-refractivity contribution is 5.90. The summed E-state index contributed by atoms with van der Waals surface area (Å²) in [5.74, 6) is 8.05. The molecule has 2 unspecified atom stereocenters. The highest BCUT2D eigenvalue weighted by Crippen LogP contribution is 2.38. The Morgan fingerprint density at radius 1 is 0.904 bits per heavy atom. The van der Waals surface area contributed by atoms with Crippen molar-refractivity contribution in [3.8, 4) is 23.1 Å². The van der Waals surface area contributed by atoms with Crippen molar-refractivity contribution in [1.82, 2.24) is 30.2 Å². The number of imidazole rings is 2. The van der Waals surface area contributed by atoms with Crippen molar-refractivity contribution in [2.24, 2.45) is 23.7 Å². The molecule has 10 heteroatoms. The molecule has 1 aliphatic heterocycles. The van der Waals surface area contributed by atoms with E-state index in [0.717, 1.165) is 64.9 Å². The molecule has 2 aromatic heterocycles. The van der Waals surface area contributed by atoms with Crippen molar-refractivity contribution in [2.75, 3.05) is 13.7 Å². The molecule has 1 fully saturated rings. The van der Waals surface area contributed by atoms with Crippen LogP contribution in [0.1, 0.15) is 102 Å². The Morgan fingerprint density at radius 2 is 1.63 bits per heavy atom. The van der Waals surface area contributed by atoms with Crippen molar-refractivity contribution < 1.29 is 19.1 Å².